The van der Waals surface area contributed by atoms with Gasteiger partial charge in [-0.15, -0.1) is 0 Å². The molecule has 0 aromatic carbocycles. The van der Waals surface area contributed by atoms with Crippen LogP contribution in [0.25, 0.3) is 0 Å². The van der Waals surface area contributed by atoms with E-state index in [1.165, 1.54) is 0 Å². The van der Waals surface area contributed by atoms with Gasteiger partial charge < -0.3 is 15.4 Å². The minimum atomic E-state index is 0.475. The number of aromatic nitrogens is 2. The van der Waals surface area contributed by atoms with E-state index in [0.29, 0.717) is 19.1 Å². The molecule has 5 heteroatoms. The molecule has 0 aliphatic carbocycles. The van der Waals surface area contributed by atoms with Gasteiger partial charge in [-0.2, -0.15) is 0 Å². The Labute approximate surface area is 103 Å². The van der Waals surface area contributed by atoms with Gasteiger partial charge in [0.2, 0.25) is 5.95 Å². The minimum Gasteiger partial charge on any atom is -0.383 e. The number of nitrogens with zero attached hydrogens (tertiary/aromatic N) is 3. The van der Waals surface area contributed by atoms with Crippen molar-refractivity contribution in [2.24, 2.45) is 11.7 Å². The van der Waals surface area contributed by atoms with Crippen molar-refractivity contribution in [3.63, 3.8) is 0 Å². The Morgan fingerprint density at radius 3 is 2.47 bits per heavy atom. The fourth-order valence-corrected chi connectivity index (χ4v) is 1.53. The molecule has 0 radical (unpaired) electrons. The standard InChI is InChI=1S/C12H22N4O/c1-10(2)9-16(4-5-17-3)12-14-7-11(6-13)8-15-12/h7-8,10H,4-6,9,13H2,1-3H3. The Hall–Kier alpha value is -1.20. The van der Waals surface area contributed by atoms with E-state index in [0.717, 1.165) is 24.6 Å². The largest absolute Gasteiger partial charge is 0.383 e. The minimum absolute atomic E-state index is 0.475. The highest BCUT2D eigenvalue weighted by molar-refractivity contribution is 5.29. The van der Waals surface area contributed by atoms with Crippen LogP contribution in [0.5, 0.6) is 0 Å². The predicted octanol–water partition coefficient (Wildman–Crippen LogP) is 1.04. The molecule has 0 aliphatic rings. The lowest BCUT2D eigenvalue weighted by Crippen LogP contribution is -2.32. The van der Waals surface area contributed by atoms with Crippen LogP contribution < -0.4 is 10.6 Å². The third kappa shape index (κ3) is 4.66. The topological polar surface area (TPSA) is 64.3 Å². The van der Waals surface area contributed by atoms with E-state index in [1.807, 2.05) is 0 Å². The molecule has 1 aromatic rings. The van der Waals surface area contributed by atoms with Gasteiger partial charge in [-0.1, -0.05) is 13.8 Å². The third-order valence-corrected chi connectivity index (χ3v) is 2.36. The first kappa shape index (κ1) is 13.9. The Balaban J connectivity index is 2.72. The van der Waals surface area contributed by atoms with Crippen LogP contribution in [0.3, 0.4) is 0 Å². The second-order valence-electron chi connectivity index (χ2n) is 4.43. The monoisotopic (exact) mass is 238 g/mol. The molecule has 1 rings (SSSR count). The molecule has 0 aliphatic heterocycles. The summed E-state index contributed by atoms with van der Waals surface area (Å²) in [5.41, 5.74) is 6.47. The van der Waals surface area contributed by atoms with Crippen LogP contribution in [0, 0.1) is 5.92 Å². The summed E-state index contributed by atoms with van der Waals surface area (Å²) in [5, 5.41) is 0. The van der Waals surface area contributed by atoms with E-state index in [4.69, 9.17) is 10.5 Å². The van der Waals surface area contributed by atoms with E-state index in [-0.39, 0.29) is 0 Å². The van der Waals surface area contributed by atoms with Crippen LogP contribution in [0.15, 0.2) is 12.4 Å². The van der Waals surface area contributed by atoms with Crippen molar-refractivity contribution in [1.29, 1.82) is 0 Å². The number of rotatable bonds is 7. The molecule has 0 bridgehead atoms. The summed E-state index contributed by atoms with van der Waals surface area (Å²) in [5.74, 6) is 1.30. The zero-order valence-electron chi connectivity index (χ0n) is 10.9. The summed E-state index contributed by atoms with van der Waals surface area (Å²) in [6.07, 6.45) is 3.56. The van der Waals surface area contributed by atoms with Gasteiger partial charge in [0.15, 0.2) is 0 Å². The normalized spacial score (nSPS) is 10.9. The summed E-state index contributed by atoms with van der Waals surface area (Å²) in [7, 11) is 1.70. The average Bonchev–Trinajstić information content (AvgIpc) is 2.34. The van der Waals surface area contributed by atoms with E-state index < -0.39 is 0 Å². The first-order valence-corrected chi connectivity index (χ1v) is 5.92. The highest BCUT2D eigenvalue weighted by atomic mass is 16.5. The number of hydrogen-bond acceptors (Lipinski definition) is 5. The molecular weight excluding hydrogens is 216 g/mol. The van der Waals surface area contributed by atoms with Crippen LogP contribution in [0.1, 0.15) is 19.4 Å². The van der Waals surface area contributed by atoms with Crippen molar-refractivity contribution in [1.82, 2.24) is 9.97 Å². The first-order chi connectivity index (χ1) is 8.17. The van der Waals surface area contributed by atoms with Crippen molar-refractivity contribution >= 4 is 5.95 Å². The Morgan fingerprint density at radius 1 is 1.35 bits per heavy atom. The molecule has 0 atom stereocenters. The van der Waals surface area contributed by atoms with Crippen LogP contribution in [-0.4, -0.2) is 36.8 Å². The van der Waals surface area contributed by atoms with Crippen molar-refractivity contribution in [2.45, 2.75) is 20.4 Å². The predicted molar refractivity (Wildman–Crippen MR) is 68.9 cm³/mol. The molecule has 0 unspecified atom stereocenters. The lowest BCUT2D eigenvalue weighted by Gasteiger charge is -2.24. The van der Waals surface area contributed by atoms with Gasteiger partial charge >= 0.3 is 0 Å². The van der Waals surface area contributed by atoms with Crippen LogP contribution in [0.2, 0.25) is 0 Å². The average molecular weight is 238 g/mol. The molecule has 0 fully saturated rings. The fraction of sp³-hybridized carbons (Fsp3) is 0.667. The van der Waals surface area contributed by atoms with Crippen molar-refractivity contribution in [2.75, 3.05) is 31.7 Å². The zero-order chi connectivity index (χ0) is 12.7. The summed E-state index contributed by atoms with van der Waals surface area (Å²) in [4.78, 5) is 10.8. The van der Waals surface area contributed by atoms with Gasteiger partial charge in [-0.3, -0.25) is 0 Å². The third-order valence-electron chi connectivity index (χ3n) is 2.36. The highest BCUT2D eigenvalue weighted by Crippen LogP contribution is 2.09. The molecule has 2 N–H and O–H groups in total. The fourth-order valence-electron chi connectivity index (χ4n) is 1.53. The van der Waals surface area contributed by atoms with Gasteiger partial charge in [0.05, 0.1) is 6.61 Å². The Morgan fingerprint density at radius 2 is 2.00 bits per heavy atom. The molecule has 0 amide bonds. The second kappa shape index (κ2) is 7.19. The number of nitrogens with two attached hydrogens (primary N) is 1. The number of anilines is 1. The molecule has 0 saturated heterocycles. The molecule has 17 heavy (non-hydrogen) atoms. The van der Waals surface area contributed by atoms with Crippen molar-refractivity contribution in [3.8, 4) is 0 Å². The van der Waals surface area contributed by atoms with Gasteiger partial charge in [-0.05, 0) is 5.92 Å². The molecule has 1 aromatic heterocycles. The second-order valence-corrected chi connectivity index (χ2v) is 4.43. The lowest BCUT2D eigenvalue weighted by molar-refractivity contribution is 0.204. The van der Waals surface area contributed by atoms with E-state index in [9.17, 15) is 0 Å². The maximum Gasteiger partial charge on any atom is 0.225 e. The van der Waals surface area contributed by atoms with Gasteiger partial charge in [0.1, 0.15) is 0 Å². The van der Waals surface area contributed by atoms with Gasteiger partial charge in [0.25, 0.3) is 0 Å². The molecule has 1 heterocycles. The maximum absolute atomic E-state index is 5.52. The summed E-state index contributed by atoms with van der Waals surface area (Å²) in [6, 6.07) is 0. The molecule has 96 valence electrons. The molecule has 0 spiro atoms. The zero-order valence-corrected chi connectivity index (χ0v) is 10.9. The summed E-state index contributed by atoms with van der Waals surface area (Å²) in [6.45, 7) is 7.22. The maximum atomic E-state index is 5.52. The van der Waals surface area contributed by atoms with E-state index in [1.54, 1.807) is 19.5 Å². The van der Waals surface area contributed by atoms with E-state index in [2.05, 4.69) is 28.7 Å². The molecular formula is C12H22N4O. The van der Waals surface area contributed by atoms with Crippen LogP contribution in [-0.2, 0) is 11.3 Å². The molecule has 5 nitrogen and oxygen atoms in total. The van der Waals surface area contributed by atoms with Crippen LogP contribution in [0.4, 0.5) is 5.95 Å². The lowest BCUT2D eigenvalue weighted by atomic mass is 10.2. The summed E-state index contributed by atoms with van der Waals surface area (Å²) >= 11 is 0. The van der Waals surface area contributed by atoms with Crippen molar-refractivity contribution < 1.29 is 4.74 Å². The van der Waals surface area contributed by atoms with E-state index >= 15 is 0 Å². The first-order valence-electron chi connectivity index (χ1n) is 5.92. The van der Waals surface area contributed by atoms with Crippen molar-refractivity contribution in [3.05, 3.63) is 18.0 Å². The number of methoxy groups -OCH3 is 1. The summed E-state index contributed by atoms with van der Waals surface area (Å²) < 4.78 is 5.10. The smallest absolute Gasteiger partial charge is 0.225 e. The highest BCUT2D eigenvalue weighted by Gasteiger charge is 2.10. The number of ether oxygens (including phenoxy) is 1. The Bertz CT molecular complexity index is 313. The SMILES string of the molecule is COCCN(CC(C)C)c1ncc(CN)cn1. The van der Waals surface area contributed by atoms with Gasteiger partial charge in [0, 0.05) is 44.7 Å². The quantitative estimate of drug-likeness (QED) is 0.769. The molecule has 0 saturated carbocycles. The van der Waals surface area contributed by atoms with Gasteiger partial charge in [-0.25, -0.2) is 9.97 Å². The van der Waals surface area contributed by atoms with Crippen LogP contribution >= 0.6 is 0 Å². The Kier molecular flexibility index (Phi) is 5.86. The number of hydrogen-bond donors (Lipinski definition) is 1.